The topological polar surface area (TPSA) is 15.3 Å². The molecule has 0 aromatic heterocycles. The van der Waals surface area contributed by atoms with Gasteiger partial charge in [0.25, 0.3) is 0 Å². The summed E-state index contributed by atoms with van der Waals surface area (Å²) in [4.78, 5) is 0. The van der Waals surface area contributed by atoms with E-state index in [-0.39, 0.29) is 0 Å². The zero-order valence-electron chi connectivity index (χ0n) is 6.65. The van der Waals surface area contributed by atoms with E-state index in [1.807, 2.05) is 7.05 Å². The highest BCUT2D eigenvalue weighted by molar-refractivity contribution is 4.56. The van der Waals surface area contributed by atoms with Gasteiger partial charge in [0.1, 0.15) is 0 Å². The molecular formula is C7H17N2. The molecule has 1 unspecified atom stereocenters. The van der Waals surface area contributed by atoms with Crippen LogP contribution >= 0.6 is 0 Å². The normalized spacial score (nSPS) is 14.3. The number of hydrogen-bond donors (Lipinski definition) is 1. The summed E-state index contributed by atoms with van der Waals surface area (Å²) in [7, 11) is 2.04. The molecule has 2 nitrogen and oxygen atoms in total. The summed E-state index contributed by atoms with van der Waals surface area (Å²) in [5, 5.41) is 2.09. The summed E-state index contributed by atoms with van der Waals surface area (Å²) in [6.07, 6.45) is 1.17. The van der Waals surface area contributed by atoms with Crippen molar-refractivity contribution in [2.75, 3.05) is 13.6 Å². The summed E-state index contributed by atoms with van der Waals surface area (Å²) < 4.78 is 0. The first-order valence-corrected chi connectivity index (χ1v) is 3.48. The van der Waals surface area contributed by atoms with Crippen LogP contribution in [0.3, 0.4) is 0 Å². The van der Waals surface area contributed by atoms with Crippen molar-refractivity contribution >= 4 is 0 Å². The van der Waals surface area contributed by atoms with Crippen molar-refractivity contribution in [1.82, 2.24) is 10.4 Å². The molecule has 0 heterocycles. The van der Waals surface area contributed by atoms with Crippen molar-refractivity contribution in [3.05, 3.63) is 6.92 Å². The maximum Gasteiger partial charge on any atom is 0.0209 e. The highest BCUT2D eigenvalue weighted by Gasteiger charge is 2.02. The van der Waals surface area contributed by atoms with Crippen LogP contribution in [0.1, 0.15) is 20.3 Å². The minimum atomic E-state index is 0.603. The molecular weight excluding hydrogens is 112 g/mol. The van der Waals surface area contributed by atoms with Crippen molar-refractivity contribution in [2.45, 2.75) is 26.3 Å². The molecule has 0 rings (SSSR count). The van der Waals surface area contributed by atoms with Crippen LogP contribution in [0.2, 0.25) is 0 Å². The molecule has 1 radical (unpaired) electrons. The Labute approximate surface area is 58.2 Å². The second-order valence-corrected chi connectivity index (χ2v) is 2.28. The molecule has 0 amide bonds. The van der Waals surface area contributed by atoms with E-state index >= 15 is 0 Å². The van der Waals surface area contributed by atoms with E-state index < -0.39 is 0 Å². The average Bonchev–Trinajstić information content (AvgIpc) is 1.87. The van der Waals surface area contributed by atoms with E-state index in [0.29, 0.717) is 6.04 Å². The molecule has 2 heteroatoms. The summed E-state index contributed by atoms with van der Waals surface area (Å²) in [6, 6.07) is 0.603. The molecule has 9 heavy (non-hydrogen) atoms. The van der Waals surface area contributed by atoms with Gasteiger partial charge < -0.3 is 0 Å². The predicted octanol–water partition coefficient (Wildman–Crippen LogP) is 1.06. The Morgan fingerprint density at radius 2 is 2.22 bits per heavy atom. The van der Waals surface area contributed by atoms with Gasteiger partial charge in [0, 0.05) is 19.6 Å². The van der Waals surface area contributed by atoms with Crippen LogP contribution in [0, 0.1) is 6.92 Å². The van der Waals surface area contributed by atoms with Crippen LogP contribution in [-0.2, 0) is 0 Å². The van der Waals surface area contributed by atoms with Crippen molar-refractivity contribution in [1.29, 1.82) is 0 Å². The van der Waals surface area contributed by atoms with E-state index in [2.05, 4.69) is 31.2 Å². The monoisotopic (exact) mass is 129 g/mol. The molecule has 0 aromatic carbocycles. The van der Waals surface area contributed by atoms with Crippen molar-refractivity contribution in [2.24, 2.45) is 0 Å². The first-order valence-electron chi connectivity index (χ1n) is 3.48. The van der Waals surface area contributed by atoms with Gasteiger partial charge in [-0.15, -0.1) is 0 Å². The van der Waals surface area contributed by atoms with E-state index in [0.717, 1.165) is 6.54 Å². The second-order valence-electron chi connectivity index (χ2n) is 2.28. The van der Waals surface area contributed by atoms with Gasteiger partial charge in [-0.1, -0.05) is 6.92 Å². The maximum atomic E-state index is 3.69. The van der Waals surface area contributed by atoms with Crippen LogP contribution in [0.5, 0.6) is 0 Å². The fourth-order valence-corrected chi connectivity index (χ4v) is 0.606. The van der Waals surface area contributed by atoms with E-state index in [4.69, 9.17) is 0 Å². The van der Waals surface area contributed by atoms with Crippen LogP contribution in [-0.4, -0.2) is 24.6 Å². The van der Waals surface area contributed by atoms with Gasteiger partial charge in [0.15, 0.2) is 0 Å². The standard InChI is InChI=1S/C7H17N2/c1-5-7(3)9(4)8-6-2/h7-8H,2,5-6H2,1,3-4H3. The van der Waals surface area contributed by atoms with E-state index in [1.165, 1.54) is 6.42 Å². The van der Waals surface area contributed by atoms with Crippen molar-refractivity contribution in [3.63, 3.8) is 0 Å². The van der Waals surface area contributed by atoms with Gasteiger partial charge >= 0.3 is 0 Å². The van der Waals surface area contributed by atoms with Crippen LogP contribution in [0.25, 0.3) is 0 Å². The lowest BCUT2D eigenvalue weighted by Gasteiger charge is -2.23. The Kier molecular flexibility index (Phi) is 4.72. The molecule has 55 valence electrons. The third-order valence-corrected chi connectivity index (χ3v) is 1.61. The Balaban J connectivity index is 3.32. The zero-order chi connectivity index (χ0) is 7.28. The summed E-state index contributed by atoms with van der Waals surface area (Å²) >= 11 is 0. The maximum absolute atomic E-state index is 3.69. The Bertz CT molecular complexity index is 63.9. The highest BCUT2D eigenvalue weighted by atomic mass is 15.5. The molecule has 1 N–H and O–H groups in total. The predicted molar refractivity (Wildman–Crippen MR) is 40.9 cm³/mol. The van der Waals surface area contributed by atoms with Crippen LogP contribution < -0.4 is 5.43 Å². The van der Waals surface area contributed by atoms with E-state index in [1.54, 1.807) is 0 Å². The van der Waals surface area contributed by atoms with Gasteiger partial charge in [0.05, 0.1) is 0 Å². The first-order chi connectivity index (χ1) is 4.22. The van der Waals surface area contributed by atoms with Crippen molar-refractivity contribution in [3.8, 4) is 0 Å². The Morgan fingerprint density at radius 3 is 2.56 bits per heavy atom. The van der Waals surface area contributed by atoms with Gasteiger partial charge in [0.2, 0.25) is 0 Å². The number of hydrazine groups is 1. The molecule has 0 saturated carbocycles. The molecule has 0 saturated heterocycles. The van der Waals surface area contributed by atoms with E-state index in [9.17, 15) is 0 Å². The van der Waals surface area contributed by atoms with Gasteiger partial charge in [-0.3, -0.25) is 5.43 Å². The fraction of sp³-hybridized carbons (Fsp3) is 0.857. The number of hydrogen-bond acceptors (Lipinski definition) is 2. The number of nitrogens with zero attached hydrogens (tertiary/aromatic N) is 1. The molecule has 0 aliphatic rings. The average molecular weight is 129 g/mol. The van der Waals surface area contributed by atoms with Crippen LogP contribution in [0.15, 0.2) is 0 Å². The Hall–Kier alpha value is -0.0800. The van der Waals surface area contributed by atoms with Gasteiger partial charge in [-0.05, 0) is 20.3 Å². The third-order valence-electron chi connectivity index (χ3n) is 1.61. The fourth-order valence-electron chi connectivity index (χ4n) is 0.606. The molecule has 1 atom stereocenters. The minimum Gasteiger partial charge on any atom is -0.255 e. The second kappa shape index (κ2) is 4.77. The van der Waals surface area contributed by atoms with Crippen LogP contribution in [0.4, 0.5) is 0 Å². The largest absolute Gasteiger partial charge is 0.255 e. The molecule has 0 fully saturated rings. The minimum absolute atomic E-state index is 0.603. The summed E-state index contributed by atoms with van der Waals surface area (Å²) in [5.74, 6) is 0. The first kappa shape index (κ1) is 8.92. The highest BCUT2D eigenvalue weighted by Crippen LogP contribution is 1.94. The van der Waals surface area contributed by atoms with Gasteiger partial charge in [-0.25, -0.2) is 5.01 Å². The molecule has 0 aliphatic carbocycles. The number of nitrogens with one attached hydrogen (secondary N) is 1. The van der Waals surface area contributed by atoms with Crippen molar-refractivity contribution < 1.29 is 0 Å². The Morgan fingerprint density at radius 1 is 1.67 bits per heavy atom. The molecule has 0 spiro atoms. The summed E-state index contributed by atoms with van der Waals surface area (Å²) in [6.45, 7) is 8.81. The smallest absolute Gasteiger partial charge is 0.0209 e. The molecule has 0 bridgehead atoms. The van der Waals surface area contributed by atoms with Gasteiger partial charge in [-0.2, -0.15) is 0 Å². The zero-order valence-corrected chi connectivity index (χ0v) is 6.65. The number of rotatable bonds is 4. The SMILES string of the molecule is [CH2]CNN(C)C(C)CC. The molecule has 0 aromatic rings. The third kappa shape index (κ3) is 3.49. The summed E-state index contributed by atoms with van der Waals surface area (Å²) in [5.41, 5.74) is 3.12. The lowest BCUT2D eigenvalue weighted by atomic mass is 10.3. The lowest BCUT2D eigenvalue weighted by Crippen LogP contribution is -2.40. The lowest BCUT2D eigenvalue weighted by molar-refractivity contribution is 0.179. The quantitative estimate of drug-likeness (QED) is 0.571. The molecule has 0 aliphatic heterocycles.